The molecule has 9 nitrogen and oxygen atoms in total. The molecule has 5 N–H and O–H groups in total. The number of aliphatic hydroxyl groups is 4. The van der Waals surface area contributed by atoms with Crippen LogP contribution < -0.4 is 9.47 Å². The molecule has 0 aliphatic carbocycles. The Balaban J connectivity index is 1.72. The molecule has 1 saturated heterocycles. The average Bonchev–Trinajstić information content (AvgIpc) is 3.07. The monoisotopic (exact) mass is 408 g/mol. The Labute approximate surface area is 168 Å². The minimum absolute atomic E-state index is 0.220. The maximum absolute atomic E-state index is 10.2. The Kier molecular flexibility index (Phi) is 7.09. The average molecular weight is 408 g/mol. The number of hydrogen-bond donors (Lipinski definition) is 5. The van der Waals surface area contributed by atoms with Gasteiger partial charge in [0.25, 0.3) is 0 Å². The molecule has 1 aliphatic heterocycles. The second-order valence-corrected chi connectivity index (χ2v) is 7.12. The standard InChI is InChI=1S/C20H28N2O7/c1-3-8-27-13-6-4-12(5-7-13)9-14-11(2)21-22-19(14)29-20-18(26)17(25)16(24)15(10-23)28-20/h4-7,15-18,20,23-26H,3,8-10H2,1-2H3,(H,21,22)/t15-,16-,17+,18-,20+/m1/s1. The van der Waals surface area contributed by atoms with Gasteiger partial charge in [-0.3, -0.25) is 5.10 Å². The van der Waals surface area contributed by atoms with Gasteiger partial charge in [-0.15, -0.1) is 5.10 Å². The highest BCUT2D eigenvalue weighted by Gasteiger charge is 2.45. The molecule has 0 spiro atoms. The number of aryl methyl sites for hydroxylation is 1. The van der Waals surface area contributed by atoms with Crippen LogP contribution in [0.4, 0.5) is 0 Å². The highest BCUT2D eigenvalue weighted by Crippen LogP contribution is 2.28. The van der Waals surface area contributed by atoms with Crippen molar-refractivity contribution in [2.24, 2.45) is 0 Å². The minimum atomic E-state index is -1.51. The fourth-order valence-corrected chi connectivity index (χ4v) is 3.14. The number of nitrogens with zero attached hydrogens (tertiary/aromatic N) is 1. The Morgan fingerprint density at radius 2 is 1.83 bits per heavy atom. The number of benzene rings is 1. The molecule has 9 heteroatoms. The van der Waals surface area contributed by atoms with Gasteiger partial charge in [0.15, 0.2) is 0 Å². The minimum Gasteiger partial charge on any atom is -0.494 e. The SMILES string of the molecule is CCCOc1ccc(Cc2c(O[C@@H]3O[C@H](CO)[C@@H](O)[C@H](O)[C@H]3O)n[nH]c2C)cc1. The van der Waals surface area contributed by atoms with E-state index >= 15 is 0 Å². The summed E-state index contributed by atoms with van der Waals surface area (Å²) in [5.41, 5.74) is 2.57. The predicted octanol–water partition coefficient (Wildman–Crippen LogP) is 0.276. The van der Waals surface area contributed by atoms with Crippen molar-refractivity contribution in [3.8, 4) is 11.6 Å². The molecular formula is C20H28N2O7. The summed E-state index contributed by atoms with van der Waals surface area (Å²) in [6.45, 7) is 4.04. The number of hydrogen-bond acceptors (Lipinski definition) is 8. The molecule has 5 atom stereocenters. The summed E-state index contributed by atoms with van der Waals surface area (Å²) in [4.78, 5) is 0. The third-order valence-electron chi connectivity index (χ3n) is 4.89. The first-order chi connectivity index (χ1) is 13.9. The van der Waals surface area contributed by atoms with E-state index in [1.54, 1.807) is 0 Å². The third-order valence-corrected chi connectivity index (χ3v) is 4.89. The molecule has 0 saturated carbocycles. The van der Waals surface area contributed by atoms with Gasteiger partial charge in [-0.05, 0) is 31.0 Å². The smallest absolute Gasteiger partial charge is 0.238 e. The van der Waals surface area contributed by atoms with Gasteiger partial charge >= 0.3 is 0 Å². The van der Waals surface area contributed by atoms with Crippen LogP contribution in [0, 0.1) is 6.92 Å². The van der Waals surface area contributed by atoms with Crippen molar-refractivity contribution in [2.75, 3.05) is 13.2 Å². The molecule has 0 unspecified atom stereocenters. The second-order valence-electron chi connectivity index (χ2n) is 7.12. The molecule has 2 aromatic rings. The predicted molar refractivity (Wildman–Crippen MR) is 103 cm³/mol. The van der Waals surface area contributed by atoms with E-state index in [1.165, 1.54) is 0 Å². The molecule has 29 heavy (non-hydrogen) atoms. The molecule has 1 fully saturated rings. The lowest BCUT2D eigenvalue weighted by Crippen LogP contribution is -2.60. The first-order valence-corrected chi connectivity index (χ1v) is 9.67. The van der Waals surface area contributed by atoms with E-state index < -0.39 is 37.3 Å². The largest absolute Gasteiger partial charge is 0.494 e. The number of H-pyrrole nitrogens is 1. The summed E-state index contributed by atoms with van der Waals surface area (Å²) in [5.74, 6) is 1.02. The molecule has 2 heterocycles. The topological polar surface area (TPSA) is 137 Å². The zero-order chi connectivity index (χ0) is 21.0. The van der Waals surface area contributed by atoms with Gasteiger partial charge in [0.2, 0.25) is 12.2 Å². The van der Waals surface area contributed by atoms with Crippen LogP contribution in [0.5, 0.6) is 11.6 Å². The molecule has 0 radical (unpaired) electrons. The molecule has 0 bridgehead atoms. The molecule has 1 aromatic heterocycles. The number of ether oxygens (including phenoxy) is 3. The third kappa shape index (κ3) is 4.88. The van der Waals surface area contributed by atoms with Crippen LogP contribution in [0.15, 0.2) is 24.3 Å². The number of aliphatic hydroxyl groups excluding tert-OH is 4. The maximum Gasteiger partial charge on any atom is 0.238 e. The van der Waals surface area contributed by atoms with E-state index in [0.717, 1.165) is 29.0 Å². The Morgan fingerprint density at radius 3 is 2.48 bits per heavy atom. The Morgan fingerprint density at radius 1 is 1.10 bits per heavy atom. The lowest BCUT2D eigenvalue weighted by Gasteiger charge is -2.39. The van der Waals surface area contributed by atoms with Crippen LogP contribution in [0.25, 0.3) is 0 Å². The van der Waals surface area contributed by atoms with Crippen molar-refractivity contribution in [3.05, 3.63) is 41.1 Å². The van der Waals surface area contributed by atoms with E-state index in [0.29, 0.717) is 13.0 Å². The van der Waals surface area contributed by atoms with Gasteiger partial charge in [0.1, 0.15) is 30.2 Å². The normalized spacial score (nSPS) is 27.0. The first kappa shape index (κ1) is 21.5. The lowest BCUT2D eigenvalue weighted by atomic mass is 9.99. The van der Waals surface area contributed by atoms with Crippen LogP contribution in [0.2, 0.25) is 0 Å². The maximum atomic E-state index is 10.2. The van der Waals surface area contributed by atoms with E-state index in [2.05, 4.69) is 10.2 Å². The first-order valence-electron chi connectivity index (χ1n) is 9.67. The van der Waals surface area contributed by atoms with Gasteiger partial charge in [-0.2, -0.15) is 0 Å². The molecule has 0 amide bonds. The fourth-order valence-electron chi connectivity index (χ4n) is 3.14. The molecule has 160 valence electrons. The number of rotatable bonds is 8. The fraction of sp³-hybridized carbons (Fsp3) is 0.550. The van der Waals surface area contributed by atoms with E-state index in [-0.39, 0.29) is 5.88 Å². The number of aromatic nitrogens is 2. The lowest BCUT2D eigenvalue weighted by molar-refractivity contribution is -0.278. The van der Waals surface area contributed by atoms with Crippen molar-refractivity contribution in [1.82, 2.24) is 10.2 Å². The van der Waals surface area contributed by atoms with Crippen LogP contribution in [0.1, 0.15) is 30.2 Å². The van der Waals surface area contributed by atoms with Gasteiger partial charge in [-0.1, -0.05) is 19.1 Å². The quantitative estimate of drug-likeness (QED) is 0.420. The van der Waals surface area contributed by atoms with E-state index in [4.69, 9.17) is 14.2 Å². The number of aromatic amines is 1. The summed E-state index contributed by atoms with van der Waals surface area (Å²) in [7, 11) is 0. The summed E-state index contributed by atoms with van der Waals surface area (Å²) < 4.78 is 16.7. The highest BCUT2D eigenvalue weighted by atomic mass is 16.7. The summed E-state index contributed by atoms with van der Waals surface area (Å²) >= 11 is 0. The zero-order valence-corrected chi connectivity index (χ0v) is 16.5. The van der Waals surface area contributed by atoms with Crippen LogP contribution in [-0.2, 0) is 11.2 Å². The van der Waals surface area contributed by atoms with Crippen molar-refractivity contribution in [1.29, 1.82) is 0 Å². The zero-order valence-electron chi connectivity index (χ0n) is 16.5. The molecule has 1 aliphatic rings. The van der Waals surface area contributed by atoms with Crippen LogP contribution >= 0.6 is 0 Å². The van der Waals surface area contributed by atoms with Gasteiger partial charge in [0, 0.05) is 17.7 Å². The van der Waals surface area contributed by atoms with Crippen molar-refractivity contribution in [2.45, 2.75) is 57.4 Å². The van der Waals surface area contributed by atoms with Gasteiger partial charge in [-0.25, -0.2) is 0 Å². The van der Waals surface area contributed by atoms with Crippen molar-refractivity contribution in [3.63, 3.8) is 0 Å². The summed E-state index contributed by atoms with van der Waals surface area (Å²) in [5, 5.41) is 46.3. The Hall–Kier alpha value is -2.17. The van der Waals surface area contributed by atoms with E-state index in [9.17, 15) is 20.4 Å². The number of nitrogens with one attached hydrogen (secondary N) is 1. The summed E-state index contributed by atoms with van der Waals surface area (Å²) in [6.07, 6.45) is -5.31. The Bertz CT molecular complexity index is 778. The highest BCUT2D eigenvalue weighted by molar-refractivity contribution is 5.37. The van der Waals surface area contributed by atoms with Crippen molar-refractivity contribution < 1.29 is 34.6 Å². The molecule has 3 rings (SSSR count). The van der Waals surface area contributed by atoms with Gasteiger partial charge in [0.05, 0.1) is 13.2 Å². The second kappa shape index (κ2) is 9.55. The van der Waals surface area contributed by atoms with Crippen LogP contribution in [-0.4, -0.2) is 74.5 Å². The van der Waals surface area contributed by atoms with Gasteiger partial charge < -0.3 is 34.6 Å². The van der Waals surface area contributed by atoms with E-state index in [1.807, 2.05) is 38.1 Å². The molecular weight excluding hydrogens is 380 g/mol. The summed E-state index contributed by atoms with van der Waals surface area (Å²) in [6, 6.07) is 7.71. The molecule has 1 aromatic carbocycles. The van der Waals surface area contributed by atoms with Crippen molar-refractivity contribution >= 4 is 0 Å². The van der Waals surface area contributed by atoms with Crippen LogP contribution in [0.3, 0.4) is 0 Å².